The minimum atomic E-state index is -0.0607. The Hall–Kier alpha value is -1.94. The van der Waals surface area contributed by atoms with Gasteiger partial charge in [0.15, 0.2) is 0 Å². The zero-order valence-corrected chi connectivity index (χ0v) is 12.7. The molecule has 1 aliphatic rings. The highest BCUT2D eigenvalue weighted by molar-refractivity contribution is 8.01. The van der Waals surface area contributed by atoms with Gasteiger partial charge in [-0.25, -0.2) is 0 Å². The van der Waals surface area contributed by atoms with Crippen molar-refractivity contribution in [3.63, 3.8) is 0 Å². The van der Waals surface area contributed by atoms with Crippen LogP contribution in [0, 0.1) is 0 Å². The van der Waals surface area contributed by atoms with Crippen molar-refractivity contribution in [3.05, 3.63) is 53.6 Å². The highest BCUT2D eigenvalue weighted by atomic mass is 32.2. The molecule has 1 unspecified atom stereocenters. The summed E-state index contributed by atoms with van der Waals surface area (Å²) in [6, 6.07) is 13.9. The molecule has 3 rings (SSSR count). The number of hydrogen-bond acceptors (Lipinski definition) is 3. The van der Waals surface area contributed by atoms with Gasteiger partial charge < -0.3 is 11.1 Å². The van der Waals surface area contributed by atoms with Gasteiger partial charge in [0.25, 0.3) is 0 Å². The van der Waals surface area contributed by atoms with Crippen molar-refractivity contribution in [1.29, 1.82) is 0 Å². The first-order valence-electron chi connectivity index (χ1n) is 7.11. The van der Waals surface area contributed by atoms with E-state index in [9.17, 15) is 4.79 Å². The standard InChI is InChI=1S/C17H18N2OS/c1-2-11-7-8-13(10-14(11)18)19-17(20)16-9-12-5-3-4-6-15(12)21-16/h3-8,10,16H,2,9,18H2,1H3,(H,19,20). The van der Waals surface area contributed by atoms with Crippen molar-refractivity contribution in [2.45, 2.75) is 29.9 Å². The quantitative estimate of drug-likeness (QED) is 0.853. The monoisotopic (exact) mass is 298 g/mol. The van der Waals surface area contributed by atoms with Crippen LogP contribution in [0.5, 0.6) is 0 Å². The van der Waals surface area contributed by atoms with E-state index < -0.39 is 0 Å². The van der Waals surface area contributed by atoms with E-state index in [0.717, 1.165) is 29.8 Å². The molecule has 1 atom stereocenters. The molecule has 1 heterocycles. The van der Waals surface area contributed by atoms with E-state index in [1.807, 2.05) is 30.3 Å². The van der Waals surface area contributed by atoms with Crippen molar-refractivity contribution in [3.8, 4) is 0 Å². The molecule has 108 valence electrons. The second-order valence-electron chi connectivity index (χ2n) is 5.17. The maximum atomic E-state index is 12.4. The second kappa shape index (κ2) is 5.82. The second-order valence-corrected chi connectivity index (χ2v) is 6.42. The zero-order valence-electron chi connectivity index (χ0n) is 11.9. The smallest absolute Gasteiger partial charge is 0.238 e. The molecule has 21 heavy (non-hydrogen) atoms. The zero-order chi connectivity index (χ0) is 14.8. The van der Waals surface area contributed by atoms with Crippen LogP contribution in [-0.2, 0) is 17.6 Å². The van der Waals surface area contributed by atoms with E-state index >= 15 is 0 Å². The number of nitrogens with two attached hydrogens (primary N) is 1. The molecule has 4 heteroatoms. The molecule has 0 radical (unpaired) electrons. The van der Waals surface area contributed by atoms with Crippen LogP contribution in [0.15, 0.2) is 47.4 Å². The molecule has 0 fully saturated rings. The molecule has 0 aromatic heterocycles. The summed E-state index contributed by atoms with van der Waals surface area (Å²) in [5.74, 6) is 0.0415. The minimum Gasteiger partial charge on any atom is -0.398 e. The van der Waals surface area contributed by atoms with Crippen molar-refractivity contribution in [2.24, 2.45) is 0 Å². The first kappa shape index (κ1) is 14.0. The van der Waals surface area contributed by atoms with Crippen LogP contribution >= 0.6 is 11.8 Å². The molecule has 2 aromatic rings. The van der Waals surface area contributed by atoms with Crippen LogP contribution in [0.3, 0.4) is 0 Å². The van der Waals surface area contributed by atoms with Crippen LogP contribution in [0.2, 0.25) is 0 Å². The number of thioether (sulfide) groups is 1. The molecule has 0 saturated carbocycles. The number of aryl methyl sites for hydroxylation is 1. The number of carbonyl (C=O) groups excluding carboxylic acids is 1. The number of nitrogen functional groups attached to an aromatic ring is 1. The summed E-state index contributed by atoms with van der Waals surface area (Å²) < 4.78 is 0. The molecule has 0 bridgehead atoms. The van der Waals surface area contributed by atoms with Crippen LogP contribution in [0.4, 0.5) is 11.4 Å². The number of benzene rings is 2. The Labute approximate surface area is 128 Å². The largest absolute Gasteiger partial charge is 0.398 e. The molecular weight excluding hydrogens is 280 g/mol. The lowest BCUT2D eigenvalue weighted by molar-refractivity contribution is -0.115. The van der Waals surface area contributed by atoms with Gasteiger partial charge in [-0.3, -0.25) is 4.79 Å². The molecule has 3 nitrogen and oxygen atoms in total. The molecule has 0 aliphatic carbocycles. The minimum absolute atomic E-state index is 0.0415. The van der Waals surface area contributed by atoms with E-state index in [0.29, 0.717) is 0 Å². The summed E-state index contributed by atoms with van der Waals surface area (Å²) in [6.07, 6.45) is 1.68. The number of carbonyl (C=O) groups is 1. The summed E-state index contributed by atoms with van der Waals surface area (Å²) in [5.41, 5.74) is 9.84. The lowest BCUT2D eigenvalue weighted by Crippen LogP contribution is -2.24. The fourth-order valence-electron chi connectivity index (χ4n) is 2.55. The summed E-state index contributed by atoms with van der Waals surface area (Å²) in [6.45, 7) is 2.07. The van der Waals surface area contributed by atoms with Gasteiger partial charge in [-0.2, -0.15) is 0 Å². The number of hydrogen-bond donors (Lipinski definition) is 2. The topological polar surface area (TPSA) is 55.1 Å². The summed E-state index contributed by atoms with van der Waals surface area (Å²) >= 11 is 1.63. The molecule has 2 aromatic carbocycles. The van der Waals surface area contributed by atoms with E-state index in [1.54, 1.807) is 11.8 Å². The van der Waals surface area contributed by atoms with E-state index in [-0.39, 0.29) is 11.2 Å². The lowest BCUT2D eigenvalue weighted by Gasteiger charge is -2.11. The van der Waals surface area contributed by atoms with Crippen molar-refractivity contribution in [2.75, 3.05) is 11.1 Å². The summed E-state index contributed by atoms with van der Waals surface area (Å²) in [5, 5.41) is 2.91. The van der Waals surface area contributed by atoms with Gasteiger partial charge in [-0.15, -0.1) is 11.8 Å². The number of fused-ring (bicyclic) bond motifs is 1. The molecule has 0 spiro atoms. The van der Waals surface area contributed by atoms with Gasteiger partial charge in [-0.1, -0.05) is 31.2 Å². The van der Waals surface area contributed by atoms with Crippen molar-refractivity contribution in [1.82, 2.24) is 0 Å². The maximum Gasteiger partial charge on any atom is 0.238 e. The number of amides is 1. The summed E-state index contributed by atoms with van der Waals surface area (Å²) in [7, 11) is 0. The first-order valence-corrected chi connectivity index (χ1v) is 7.99. The third kappa shape index (κ3) is 2.90. The van der Waals surface area contributed by atoms with Crippen LogP contribution < -0.4 is 11.1 Å². The number of rotatable bonds is 3. The third-order valence-electron chi connectivity index (χ3n) is 3.73. The van der Waals surface area contributed by atoms with Gasteiger partial charge >= 0.3 is 0 Å². The highest BCUT2D eigenvalue weighted by Crippen LogP contribution is 2.37. The third-order valence-corrected chi connectivity index (χ3v) is 5.05. The van der Waals surface area contributed by atoms with E-state index in [2.05, 4.69) is 24.4 Å². The molecule has 3 N–H and O–H groups in total. The fraction of sp³-hybridized carbons (Fsp3) is 0.235. The molecule has 1 aliphatic heterocycles. The Morgan fingerprint density at radius 2 is 2.14 bits per heavy atom. The van der Waals surface area contributed by atoms with E-state index in [1.165, 1.54) is 10.5 Å². The Morgan fingerprint density at radius 3 is 2.86 bits per heavy atom. The van der Waals surface area contributed by atoms with Gasteiger partial charge in [0.2, 0.25) is 5.91 Å². The van der Waals surface area contributed by atoms with Gasteiger partial charge in [-0.05, 0) is 42.2 Å². The highest BCUT2D eigenvalue weighted by Gasteiger charge is 2.27. The van der Waals surface area contributed by atoms with Crippen molar-refractivity contribution < 1.29 is 4.79 Å². The summed E-state index contributed by atoms with van der Waals surface area (Å²) in [4.78, 5) is 13.6. The normalized spacial score (nSPS) is 16.5. The van der Waals surface area contributed by atoms with Crippen molar-refractivity contribution >= 4 is 29.0 Å². The molecular formula is C17H18N2OS. The van der Waals surface area contributed by atoms with Gasteiger partial charge in [0, 0.05) is 16.3 Å². The Bertz CT molecular complexity index is 659. The van der Waals surface area contributed by atoms with Gasteiger partial charge in [0.1, 0.15) is 0 Å². The van der Waals surface area contributed by atoms with E-state index in [4.69, 9.17) is 5.73 Å². The van der Waals surface area contributed by atoms with Crippen LogP contribution in [0.1, 0.15) is 18.1 Å². The van der Waals surface area contributed by atoms with Crippen LogP contribution in [0.25, 0.3) is 0 Å². The predicted molar refractivity (Wildman–Crippen MR) is 88.7 cm³/mol. The lowest BCUT2D eigenvalue weighted by atomic mass is 10.1. The number of anilines is 2. The molecule has 0 saturated heterocycles. The average molecular weight is 298 g/mol. The Morgan fingerprint density at radius 1 is 1.33 bits per heavy atom. The molecule has 1 amide bonds. The maximum absolute atomic E-state index is 12.4. The Balaban J connectivity index is 1.69. The Kier molecular flexibility index (Phi) is 3.88. The van der Waals surface area contributed by atoms with Crippen LogP contribution in [-0.4, -0.2) is 11.2 Å². The number of nitrogens with one attached hydrogen (secondary N) is 1. The predicted octanol–water partition coefficient (Wildman–Crippen LogP) is 3.49. The average Bonchev–Trinajstić information content (AvgIpc) is 2.91. The first-order chi connectivity index (χ1) is 10.2. The fourth-order valence-corrected chi connectivity index (χ4v) is 3.74. The SMILES string of the molecule is CCc1ccc(NC(=O)C2Cc3ccccc3S2)cc1N. The van der Waals surface area contributed by atoms with Gasteiger partial charge in [0.05, 0.1) is 5.25 Å².